The Morgan fingerprint density at radius 1 is 1.11 bits per heavy atom. The summed E-state index contributed by atoms with van der Waals surface area (Å²) in [5.74, 6) is 1.11. The summed E-state index contributed by atoms with van der Waals surface area (Å²) in [6.45, 7) is 9.29. The molecule has 8 nitrogen and oxygen atoms in total. The van der Waals surface area contributed by atoms with Crippen LogP contribution in [0.2, 0.25) is 0 Å². The number of ether oxygens (including phenoxy) is 2. The summed E-state index contributed by atoms with van der Waals surface area (Å²) in [4.78, 5) is 10.2. The highest BCUT2D eigenvalue weighted by Gasteiger charge is 2.19. The van der Waals surface area contributed by atoms with Crippen LogP contribution in [0.1, 0.15) is 23.9 Å². The van der Waals surface area contributed by atoms with E-state index in [1.54, 1.807) is 17.7 Å². The third kappa shape index (κ3) is 4.81. The first-order valence-electron chi connectivity index (χ1n) is 12.8. The van der Waals surface area contributed by atoms with Crippen LogP contribution in [0.25, 0.3) is 27.4 Å². The van der Waals surface area contributed by atoms with Crippen molar-refractivity contribution in [1.29, 1.82) is 0 Å². The van der Waals surface area contributed by atoms with Gasteiger partial charge in [0.1, 0.15) is 28.6 Å². The van der Waals surface area contributed by atoms with E-state index >= 15 is 0 Å². The lowest BCUT2D eigenvalue weighted by Crippen LogP contribution is -2.46. The molecule has 3 aromatic heterocycles. The van der Waals surface area contributed by atoms with Crippen molar-refractivity contribution in [3.8, 4) is 23.0 Å². The summed E-state index contributed by atoms with van der Waals surface area (Å²) in [6, 6.07) is 10.8. The molecule has 0 amide bonds. The largest absolute Gasteiger partial charge is 0.497 e. The molecule has 0 aliphatic carbocycles. The zero-order valence-corrected chi connectivity index (χ0v) is 22.6. The number of hydrogen-bond acceptors (Lipinski definition) is 8. The zero-order valence-electron chi connectivity index (χ0n) is 21.7. The molecule has 2 aromatic carbocycles. The molecule has 1 fully saturated rings. The van der Waals surface area contributed by atoms with E-state index in [0.717, 1.165) is 65.8 Å². The molecule has 10 heteroatoms. The predicted octanol–water partition coefficient (Wildman–Crippen LogP) is 5.77. The number of benzene rings is 2. The number of rotatable bonds is 8. The van der Waals surface area contributed by atoms with Gasteiger partial charge in [-0.05, 0) is 44.2 Å². The van der Waals surface area contributed by atoms with Crippen LogP contribution >= 0.6 is 11.3 Å². The van der Waals surface area contributed by atoms with Gasteiger partial charge in [-0.15, -0.1) is 0 Å². The van der Waals surface area contributed by atoms with Gasteiger partial charge in [0.2, 0.25) is 4.96 Å². The number of piperazine rings is 1. The number of furan rings is 1. The first-order valence-corrected chi connectivity index (χ1v) is 13.7. The molecule has 0 N–H and O–H groups in total. The van der Waals surface area contributed by atoms with Crippen LogP contribution in [-0.4, -0.2) is 59.3 Å². The molecule has 0 spiro atoms. The van der Waals surface area contributed by atoms with E-state index < -0.39 is 0 Å². The Balaban J connectivity index is 1.25. The van der Waals surface area contributed by atoms with Gasteiger partial charge in [-0.2, -0.15) is 5.10 Å². The van der Waals surface area contributed by atoms with Crippen molar-refractivity contribution in [3.05, 3.63) is 59.0 Å². The summed E-state index contributed by atoms with van der Waals surface area (Å²) >= 11 is 1.52. The molecule has 5 aromatic rings. The second kappa shape index (κ2) is 10.3. The van der Waals surface area contributed by atoms with E-state index in [-0.39, 0.29) is 18.2 Å². The van der Waals surface area contributed by atoms with Gasteiger partial charge in [-0.3, -0.25) is 4.90 Å². The number of anilines is 1. The molecule has 1 aliphatic rings. The third-order valence-electron chi connectivity index (χ3n) is 6.90. The van der Waals surface area contributed by atoms with Gasteiger partial charge in [0, 0.05) is 54.9 Å². The first kappa shape index (κ1) is 24.7. The van der Waals surface area contributed by atoms with Crippen molar-refractivity contribution < 1.29 is 18.3 Å². The van der Waals surface area contributed by atoms with Crippen molar-refractivity contribution in [2.45, 2.75) is 26.9 Å². The summed E-state index contributed by atoms with van der Waals surface area (Å²) in [5.41, 5.74) is 3.16. The normalized spacial score (nSPS) is 14.6. The lowest BCUT2D eigenvalue weighted by molar-refractivity contribution is 0.258. The second-order valence-electron chi connectivity index (χ2n) is 9.52. The van der Waals surface area contributed by atoms with Gasteiger partial charge in [0.15, 0.2) is 17.3 Å². The fourth-order valence-electron chi connectivity index (χ4n) is 4.97. The van der Waals surface area contributed by atoms with Crippen LogP contribution in [0.5, 0.6) is 11.5 Å². The second-order valence-corrected chi connectivity index (χ2v) is 10.7. The minimum absolute atomic E-state index is 0.163. The number of methoxy groups -OCH3 is 1. The Hall–Kier alpha value is -3.63. The molecule has 4 heterocycles. The highest BCUT2D eigenvalue weighted by atomic mass is 32.1. The molecule has 6 rings (SSSR count). The third-order valence-corrected chi connectivity index (χ3v) is 7.74. The zero-order chi connectivity index (χ0) is 26.2. The average Bonchev–Trinajstić information content (AvgIpc) is 3.61. The number of fused-ring (bicyclic) bond motifs is 2. The molecular formula is C28H30FN5O3S. The van der Waals surface area contributed by atoms with E-state index in [9.17, 15) is 4.39 Å². The lowest BCUT2D eigenvalue weighted by atomic mass is 10.1. The standard InChI is InChI=1S/C28H30FN5O3S/c1-4-7-32-8-10-33(11-9-32)20-5-6-23(29)26(13-20)36-17-19-12-21(35-3)14-25-22(19)15-27(37-25)24-16-34-28(30-24)38-18(2)31-34/h5-6,12-16H,4,7-11,17H2,1-3H3. The number of aromatic nitrogens is 3. The minimum Gasteiger partial charge on any atom is -0.497 e. The predicted molar refractivity (Wildman–Crippen MR) is 147 cm³/mol. The molecule has 1 saturated heterocycles. The summed E-state index contributed by atoms with van der Waals surface area (Å²) < 4.78 is 34.2. The highest BCUT2D eigenvalue weighted by molar-refractivity contribution is 7.16. The number of nitrogens with zero attached hydrogens (tertiary/aromatic N) is 5. The van der Waals surface area contributed by atoms with Crippen molar-refractivity contribution in [2.75, 3.05) is 44.7 Å². The summed E-state index contributed by atoms with van der Waals surface area (Å²) in [6.07, 6.45) is 3.01. The molecule has 0 saturated carbocycles. The van der Waals surface area contributed by atoms with Crippen LogP contribution in [0.15, 0.2) is 47.0 Å². The van der Waals surface area contributed by atoms with Crippen LogP contribution in [0.3, 0.4) is 0 Å². The molecule has 0 radical (unpaired) electrons. The maximum Gasteiger partial charge on any atom is 0.212 e. The van der Waals surface area contributed by atoms with Crippen molar-refractivity contribution in [1.82, 2.24) is 19.5 Å². The van der Waals surface area contributed by atoms with Crippen LogP contribution in [0.4, 0.5) is 10.1 Å². The van der Waals surface area contributed by atoms with Crippen molar-refractivity contribution >= 4 is 33.0 Å². The van der Waals surface area contributed by atoms with E-state index in [2.05, 4.69) is 26.8 Å². The van der Waals surface area contributed by atoms with E-state index in [1.807, 2.05) is 37.4 Å². The number of aryl methyl sites for hydroxylation is 1. The number of imidazole rings is 1. The number of hydrogen-bond donors (Lipinski definition) is 0. The molecular weight excluding hydrogens is 505 g/mol. The number of halogens is 1. The van der Waals surface area contributed by atoms with E-state index in [0.29, 0.717) is 22.8 Å². The fourth-order valence-corrected chi connectivity index (χ4v) is 5.69. The maximum atomic E-state index is 14.8. The Morgan fingerprint density at radius 3 is 2.71 bits per heavy atom. The Morgan fingerprint density at radius 2 is 1.95 bits per heavy atom. The first-order chi connectivity index (χ1) is 18.5. The van der Waals surface area contributed by atoms with Gasteiger partial charge in [-0.1, -0.05) is 18.3 Å². The van der Waals surface area contributed by atoms with Gasteiger partial charge >= 0.3 is 0 Å². The lowest BCUT2D eigenvalue weighted by Gasteiger charge is -2.36. The molecule has 1 aliphatic heterocycles. The molecule has 0 unspecified atom stereocenters. The maximum absolute atomic E-state index is 14.8. The van der Waals surface area contributed by atoms with E-state index in [4.69, 9.17) is 13.9 Å². The quantitative estimate of drug-likeness (QED) is 0.250. The molecule has 0 atom stereocenters. The van der Waals surface area contributed by atoms with Gasteiger partial charge in [0.25, 0.3) is 0 Å². The smallest absolute Gasteiger partial charge is 0.212 e. The van der Waals surface area contributed by atoms with E-state index in [1.165, 1.54) is 17.4 Å². The molecule has 38 heavy (non-hydrogen) atoms. The Labute approximate surface area is 224 Å². The van der Waals surface area contributed by atoms with Gasteiger partial charge in [-0.25, -0.2) is 13.9 Å². The minimum atomic E-state index is -0.383. The van der Waals surface area contributed by atoms with Crippen LogP contribution in [-0.2, 0) is 6.61 Å². The SMILES string of the molecule is CCCN1CCN(c2ccc(F)c(OCc3cc(OC)cc4oc(-c5cn6nc(C)sc6n5)cc34)c2)CC1. The fraction of sp³-hybridized carbons (Fsp3) is 0.357. The summed E-state index contributed by atoms with van der Waals surface area (Å²) in [7, 11) is 1.61. The van der Waals surface area contributed by atoms with Crippen LogP contribution in [0, 0.1) is 12.7 Å². The van der Waals surface area contributed by atoms with Gasteiger partial charge in [0.05, 0.1) is 13.3 Å². The summed E-state index contributed by atoms with van der Waals surface area (Å²) in [5, 5.41) is 6.24. The topological polar surface area (TPSA) is 68.3 Å². The molecule has 198 valence electrons. The van der Waals surface area contributed by atoms with Crippen molar-refractivity contribution in [3.63, 3.8) is 0 Å². The van der Waals surface area contributed by atoms with Crippen LogP contribution < -0.4 is 14.4 Å². The molecule has 0 bridgehead atoms. The Kier molecular flexibility index (Phi) is 6.67. The van der Waals surface area contributed by atoms with Gasteiger partial charge < -0.3 is 18.8 Å². The highest BCUT2D eigenvalue weighted by Crippen LogP contribution is 2.34. The Bertz CT molecular complexity index is 1550. The average molecular weight is 536 g/mol. The van der Waals surface area contributed by atoms with Crippen molar-refractivity contribution in [2.24, 2.45) is 0 Å². The monoisotopic (exact) mass is 535 g/mol.